The van der Waals surface area contributed by atoms with Gasteiger partial charge in [0.2, 0.25) is 0 Å². The zero-order valence-electron chi connectivity index (χ0n) is 17.5. The molecule has 0 spiro atoms. The van der Waals surface area contributed by atoms with Gasteiger partial charge >= 0.3 is 6.18 Å². The molecule has 0 saturated heterocycles. The largest absolute Gasteiger partial charge is 0.432 e. The van der Waals surface area contributed by atoms with E-state index in [1.807, 2.05) is 0 Å². The minimum atomic E-state index is -4.72. The molecule has 1 aromatic carbocycles. The molecule has 0 heterocycles. The smallest absolute Gasteiger partial charge is 0.355 e. The predicted molar refractivity (Wildman–Crippen MR) is 125 cm³/mol. The summed E-state index contributed by atoms with van der Waals surface area (Å²) in [4.78, 5) is 12.2. The van der Waals surface area contributed by atoms with Gasteiger partial charge in [-0.1, -0.05) is 36.6 Å². The lowest BCUT2D eigenvalue weighted by Crippen LogP contribution is -2.31. The Hall–Kier alpha value is -2.98. The highest BCUT2D eigenvalue weighted by atomic mass is 32.1. The van der Waals surface area contributed by atoms with Crippen LogP contribution in [0.1, 0.15) is 19.3 Å². The van der Waals surface area contributed by atoms with Gasteiger partial charge in [0.05, 0.1) is 5.41 Å². The zero-order chi connectivity index (χ0) is 24.5. The standard InChI is InChI=1S/C23H24F4N4OS/c24-18-5-7-19(8-6-18)31-20-12-17(9-11-30-33)22(15-32,13-16(20)14-28)10-3-1-2-4-21(29)23(25,26)27/h1-8,12,14-15,28-31,33H,9-11,13H2/b3-1+,4-2-,28-14?,29-21?. The van der Waals surface area contributed by atoms with Crippen molar-refractivity contribution in [1.82, 2.24) is 4.72 Å². The molecule has 10 heteroatoms. The summed E-state index contributed by atoms with van der Waals surface area (Å²) in [5.74, 6) is -0.382. The molecule has 1 aromatic rings. The van der Waals surface area contributed by atoms with Gasteiger partial charge in [-0.05, 0) is 61.3 Å². The molecule has 176 valence electrons. The average molecular weight is 481 g/mol. The summed E-state index contributed by atoms with van der Waals surface area (Å²) in [7, 11) is 0. The second-order valence-electron chi connectivity index (χ2n) is 7.40. The maximum atomic E-state index is 13.2. The van der Waals surface area contributed by atoms with E-state index in [0.717, 1.165) is 24.1 Å². The molecule has 1 unspecified atom stereocenters. The molecule has 0 aliphatic heterocycles. The Balaban J connectivity index is 2.30. The van der Waals surface area contributed by atoms with Crippen molar-refractivity contribution in [3.8, 4) is 0 Å². The molecule has 0 saturated carbocycles. The van der Waals surface area contributed by atoms with Crippen molar-refractivity contribution in [2.75, 3.05) is 11.9 Å². The Morgan fingerprint density at radius 1 is 1.21 bits per heavy atom. The van der Waals surface area contributed by atoms with E-state index in [1.54, 1.807) is 24.3 Å². The van der Waals surface area contributed by atoms with E-state index in [2.05, 4.69) is 22.9 Å². The number of nitrogens with one attached hydrogen (secondary N) is 4. The molecule has 0 aromatic heterocycles. The van der Waals surface area contributed by atoms with Crippen LogP contribution in [0.2, 0.25) is 0 Å². The highest BCUT2D eigenvalue weighted by molar-refractivity contribution is 7.78. The number of hydrogen-bond donors (Lipinski definition) is 5. The minimum absolute atomic E-state index is 0.194. The third-order valence-electron chi connectivity index (χ3n) is 5.14. The first-order chi connectivity index (χ1) is 15.6. The first-order valence-corrected chi connectivity index (χ1v) is 10.4. The van der Waals surface area contributed by atoms with Gasteiger partial charge in [-0.25, -0.2) is 4.39 Å². The Kier molecular flexibility index (Phi) is 9.36. The van der Waals surface area contributed by atoms with Crippen LogP contribution in [0.15, 0.2) is 71.5 Å². The van der Waals surface area contributed by atoms with Crippen molar-refractivity contribution in [2.45, 2.75) is 25.4 Å². The second-order valence-corrected chi connectivity index (χ2v) is 7.71. The quantitative estimate of drug-likeness (QED) is 0.0944. The van der Waals surface area contributed by atoms with Crippen LogP contribution in [0.3, 0.4) is 0 Å². The fraction of sp³-hybridized carbons (Fsp3) is 0.261. The van der Waals surface area contributed by atoms with E-state index in [1.165, 1.54) is 18.2 Å². The highest BCUT2D eigenvalue weighted by Gasteiger charge is 2.37. The van der Waals surface area contributed by atoms with E-state index in [4.69, 9.17) is 10.8 Å². The summed E-state index contributed by atoms with van der Waals surface area (Å²) in [6, 6.07) is 5.72. The Bertz CT molecular complexity index is 997. The first kappa shape index (κ1) is 26.3. The fourth-order valence-corrected chi connectivity index (χ4v) is 3.49. The van der Waals surface area contributed by atoms with Crippen molar-refractivity contribution in [1.29, 1.82) is 10.8 Å². The van der Waals surface area contributed by atoms with Crippen LogP contribution in [0.5, 0.6) is 0 Å². The van der Waals surface area contributed by atoms with Gasteiger partial charge in [0, 0.05) is 24.1 Å². The van der Waals surface area contributed by atoms with Crippen LogP contribution in [0, 0.1) is 22.1 Å². The van der Waals surface area contributed by atoms with E-state index in [-0.39, 0.29) is 18.7 Å². The fourth-order valence-electron chi connectivity index (χ4n) is 3.38. The number of carbonyl (C=O) groups excluding carboxylic acids is 1. The Morgan fingerprint density at radius 2 is 1.91 bits per heavy atom. The number of alkyl halides is 3. The number of rotatable bonds is 11. The summed E-state index contributed by atoms with van der Waals surface area (Å²) in [5.41, 5.74) is 0.0617. The van der Waals surface area contributed by atoms with Crippen molar-refractivity contribution in [3.05, 3.63) is 77.3 Å². The molecule has 2 rings (SSSR count). The summed E-state index contributed by atoms with van der Waals surface area (Å²) in [5, 5.41) is 17.9. The maximum Gasteiger partial charge on any atom is 0.432 e. The Labute approximate surface area is 194 Å². The molecule has 0 amide bonds. The van der Waals surface area contributed by atoms with E-state index in [0.29, 0.717) is 36.0 Å². The van der Waals surface area contributed by atoms with Crippen LogP contribution in [-0.4, -0.2) is 30.9 Å². The number of hydrogen-bond acceptors (Lipinski definition) is 6. The van der Waals surface area contributed by atoms with E-state index >= 15 is 0 Å². The van der Waals surface area contributed by atoms with Crippen LogP contribution in [-0.2, 0) is 4.79 Å². The van der Waals surface area contributed by atoms with Crippen molar-refractivity contribution >= 4 is 36.7 Å². The lowest BCUT2D eigenvalue weighted by molar-refractivity contribution is -0.114. The van der Waals surface area contributed by atoms with Crippen LogP contribution < -0.4 is 10.0 Å². The van der Waals surface area contributed by atoms with Crippen LogP contribution >= 0.6 is 12.8 Å². The van der Waals surface area contributed by atoms with E-state index in [9.17, 15) is 22.4 Å². The SMILES string of the molecule is N=CC1=C(Nc2ccc(F)cc2)C=C(CCNS)C(C=O)(C/C=C/C=C\C(=N)C(F)(F)F)C1. The van der Waals surface area contributed by atoms with Crippen molar-refractivity contribution < 1.29 is 22.4 Å². The molecular formula is C23H24F4N4OS. The molecular weight excluding hydrogens is 456 g/mol. The van der Waals surface area contributed by atoms with Crippen LogP contribution in [0.25, 0.3) is 0 Å². The molecule has 33 heavy (non-hydrogen) atoms. The summed E-state index contributed by atoms with van der Waals surface area (Å²) in [6.07, 6.45) is 4.52. The van der Waals surface area contributed by atoms with Crippen molar-refractivity contribution in [2.24, 2.45) is 5.41 Å². The maximum absolute atomic E-state index is 13.2. The number of allylic oxidation sites excluding steroid dienone is 6. The lowest BCUT2D eigenvalue weighted by Gasteiger charge is -2.35. The summed E-state index contributed by atoms with van der Waals surface area (Å²) < 4.78 is 53.2. The van der Waals surface area contributed by atoms with Gasteiger partial charge in [-0.2, -0.15) is 13.2 Å². The topological polar surface area (TPSA) is 88.8 Å². The number of benzene rings is 1. The second kappa shape index (κ2) is 11.8. The minimum Gasteiger partial charge on any atom is -0.355 e. The number of thiol groups is 1. The summed E-state index contributed by atoms with van der Waals surface area (Å²) >= 11 is 4.00. The van der Waals surface area contributed by atoms with Gasteiger partial charge in [0.25, 0.3) is 0 Å². The van der Waals surface area contributed by atoms with E-state index < -0.39 is 17.3 Å². The number of anilines is 1. The third-order valence-corrected chi connectivity index (χ3v) is 5.36. The molecule has 0 bridgehead atoms. The molecule has 0 radical (unpaired) electrons. The predicted octanol–water partition coefficient (Wildman–Crippen LogP) is 5.57. The molecule has 1 aliphatic carbocycles. The lowest BCUT2D eigenvalue weighted by atomic mass is 9.69. The highest BCUT2D eigenvalue weighted by Crippen LogP contribution is 2.43. The molecule has 0 fully saturated rings. The van der Waals surface area contributed by atoms with Crippen LogP contribution in [0.4, 0.5) is 23.2 Å². The zero-order valence-corrected chi connectivity index (χ0v) is 18.4. The molecule has 5 nitrogen and oxygen atoms in total. The molecule has 1 atom stereocenters. The number of aldehydes is 1. The van der Waals surface area contributed by atoms with Gasteiger partial charge < -0.3 is 15.5 Å². The van der Waals surface area contributed by atoms with Crippen molar-refractivity contribution in [3.63, 3.8) is 0 Å². The average Bonchev–Trinajstić information content (AvgIpc) is 2.79. The first-order valence-electron chi connectivity index (χ1n) is 9.94. The Morgan fingerprint density at radius 3 is 2.48 bits per heavy atom. The normalized spacial score (nSPS) is 19.1. The molecule has 1 aliphatic rings. The van der Waals surface area contributed by atoms with Gasteiger partial charge in [0.1, 0.15) is 17.8 Å². The molecule has 4 N–H and O–H groups in total. The monoisotopic (exact) mass is 480 g/mol. The third kappa shape index (κ3) is 7.26. The number of carbonyl (C=O) groups is 1. The van der Waals surface area contributed by atoms with Gasteiger partial charge in [-0.15, -0.1) is 0 Å². The van der Waals surface area contributed by atoms with Gasteiger partial charge in [-0.3, -0.25) is 10.1 Å². The van der Waals surface area contributed by atoms with Gasteiger partial charge in [0.15, 0.2) is 0 Å². The number of halogens is 4. The summed E-state index contributed by atoms with van der Waals surface area (Å²) in [6.45, 7) is 0.459.